The zero-order valence-electron chi connectivity index (χ0n) is 15.7. The lowest BCUT2D eigenvalue weighted by Gasteiger charge is -2.12. The number of hydrazone groups is 1. The van der Waals surface area contributed by atoms with Gasteiger partial charge in [-0.25, -0.2) is 5.43 Å². The van der Waals surface area contributed by atoms with Crippen molar-refractivity contribution in [3.05, 3.63) is 52.5 Å². The molecule has 2 aromatic carbocycles. The molecule has 0 fully saturated rings. The van der Waals surface area contributed by atoms with Gasteiger partial charge in [0.25, 0.3) is 0 Å². The Morgan fingerprint density at radius 3 is 2.61 bits per heavy atom. The number of nitrogens with one attached hydrogen (secondary N) is 2. The first-order chi connectivity index (χ1) is 13.5. The highest BCUT2D eigenvalue weighted by Crippen LogP contribution is 2.36. The molecule has 0 aromatic heterocycles. The Balaban J connectivity index is 1.91. The summed E-state index contributed by atoms with van der Waals surface area (Å²) in [6.45, 7) is 2.59. The van der Waals surface area contributed by atoms with Crippen LogP contribution in [0.25, 0.3) is 0 Å². The summed E-state index contributed by atoms with van der Waals surface area (Å²) < 4.78 is 11.7. The smallest absolute Gasteiger partial charge is 0.249 e. The standard InChI is InChI=1S/C20H22BrN3O4/c1-3-9-28-20-16(21)10-14(11-17(20)27-2)13-22-24-19(26)12-18(25)23-15-7-5-4-6-8-15/h4-8,10-11,13H,3,9,12H2,1-2H3,(H,23,25)(H,24,26). The summed E-state index contributed by atoms with van der Waals surface area (Å²) in [6, 6.07) is 12.5. The molecule has 0 spiro atoms. The minimum atomic E-state index is -0.515. The fraction of sp³-hybridized carbons (Fsp3) is 0.250. The van der Waals surface area contributed by atoms with Gasteiger partial charge < -0.3 is 14.8 Å². The third kappa shape index (κ3) is 6.70. The van der Waals surface area contributed by atoms with E-state index in [4.69, 9.17) is 9.47 Å². The zero-order chi connectivity index (χ0) is 20.4. The van der Waals surface area contributed by atoms with E-state index in [0.29, 0.717) is 29.4 Å². The van der Waals surface area contributed by atoms with E-state index < -0.39 is 11.8 Å². The molecule has 2 amide bonds. The Kier molecular flexibility index (Phi) is 8.48. The SMILES string of the molecule is CCCOc1c(Br)cc(C=NNC(=O)CC(=O)Nc2ccccc2)cc1OC. The van der Waals surface area contributed by atoms with Crippen LogP contribution in [-0.2, 0) is 9.59 Å². The van der Waals surface area contributed by atoms with Gasteiger partial charge in [0.15, 0.2) is 11.5 Å². The number of anilines is 1. The fourth-order valence-corrected chi connectivity index (χ4v) is 2.82. The summed E-state index contributed by atoms with van der Waals surface area (Å²) in [4.78, 5) is 23.7. The van der Waals surface area contributed by atoms with Crippen molar-refractivity contribution >= 4 is 39.6 Å². The Bertz CT molecular complexity index is 841. The predicted octanol–water partition coefficient (Wildman–Crippen LogP) is 3.73. The van der Waals surface area contributed by atoms with Crippen LogP contribution in [0.5, 0.6) is 11.5 Å². The van der Waals surface area contributed by atoms with E-state index in [1.807, 2.05) is 13.0 Å². The van der Waals surface area contributed by atoms with Crippen LogP contribution in [0.4, 0.5) is 5.69 Å². The van der Waals surface area contributed by atoms with E-state index in [2.05, 4.69) is 31.8 Å². The maximum Gasteiger partial charge on any atom is 0.249 e. The quantitative estimate of drug-likeness (QED) is 0.348. The molecule has 28 heavy (non-hydrogen) atoms. The number of methoxy groups -OCH3 is 1. The molecular formula is C20H22BrN3O4. The monoisotopic (exact) mass is 447 g/mol. The first-order valence-corrected chi connectivity index (χ1v) is 9.50. The van der Waals surface area contributed by atoms with Gasteiger partial charge in [0, 0.05) is 5.69 Å². The van der Waals surface area contributed by atoms with Gasteiger partial charge in [-0.3, -0.25) is 9.59 Å². The fourth-order valence-electron chi connectivity index (χ4n) is 2.25. The van der Waals surface area contributed by atoms with Crippen LogP contribution >= 0.6 is 15.9 Å². The number of halogens is 1. The van der Waals surface area contributed by atoms with E-state index in [1.165, 1.54) is 6.21 Å². The van der Waals surface area contributed by atoms with Crippen molar-refractivity contribution < 1.29 is 19.1 Å². The van der Waals surface area contributed by atoms with Crippen LogP contribution in [0.2, 0.25) is 0 Å². The summed E-state index contributed by atoms with van der Waals surface area (Å²) in [6.07, 6.45) is 2.01. The van der Waals surface area contributed by atoms with Gasteiger partial charge in [0.1, 0.15) is 6.42 Å². The van der Waals surface area contributed by atoms with Crippen LogP contribution < -0.4 is 20.2 Å². The summed E-state index contributed by atoms with van der Waals surface area (Å²) in [5.74, 6) is 0.236. The summed E-state index contributed by atoms with van der Waals surface area (Å²) >= 11 is 3.45. The van der Waals surface area contributed by atoms with Crippen molar-refractivity contribution in [2.75, 3.05) is 19.0 Å². The molecular weight excluding hydrogens is 426 g/mol. The minimum absolute atomic E-state index is 0.330. The topological polar surface area (TPSA) is 89.0 Å². The molecule has 0 heterocycles. The van der Waals surface area contributed by atoms with Crippen molar-refractivity contribution in [1.29, 1.82) is 0 Å². The van der Waals surface area contributed by atoms with Crippen LogP contribution in [0.15, 0.2) is 52.0 Å². The Hall–Kier alpha value is -2.87. The van der Waals surface area contributed by atoms with E-state index in [1.54, 1.807) is 43.5 Å². The second-order valence-electron chi connectivity index (χ2n) is 5.77. The van der Waals surface area contributed by atoms with Crippen LogP contribution in [0.1, 0.15) is 25.3 Å². The second kappa shape index (κ2) is 11.1. The van der Waals surface area contributed by atoms with E-state index >= 15 is 0 Å². The Morgan fingerprint density at radius 1 is 1.18 bits per heavy atom. The predicted molar refractivity (Wildman–Crippen MR) is 112 cm³/mol. The van der Waals surface area contributed by atoms with Crippen molar-refractivity contribution in [2.45, 2.75) is 19.8 Å². The number of nitrogens with zero attached hydrogens (tertiary/aromatic N) is 1. The average Bonchev–Trinajstić information content (AvgIpc) is 2.67. The number of carbonyl (C=O) groups is 2. The van der Waals surface area contributed by atoms with E-state index in [9.17, 15) is 9.59 Å². The maximum absolute atomic E-state index is 11.9. The van der Waals surface area contributed by atoms with Gasteiger partial charge in [0.2, 0.25) is 11.8 Å². The molecule has 8 heteroatoms. The second-order valence-corrected chi connectivity index (χ2v) is 6.62. The maximum atomic E-state index is 11.9. The molecule has 2 N–H and O–H groups in total. The lowest BCUT2D eigenvalue weighted by molar-refractivity contribution is -0.126. The zero-order valence-corrected chi connectivity index (χ0v) is 17.3. The number of para-hydroxylation sites is 1. The summed E-state index contributed by atoms with van der Waals surface area (Å²) in [5, 5.41) is 6.53. The molecule has 0 aliphatic rings. The average molecular weight is 448 g/mol. The number of ether oxygens (including phenoxy) is 2. The molecule has 2 aromatic rings. The van der Waals surface area contributed by atoms with Crippen molar-refractivity contribution in [2.24, 2.45) is 5.10 Å². The van der Waals surface area contributed by atoms with Crippen molar-refractivity contribution in [3.63, 3.8) is 0 Å². The Labute approximate surface area is 172 Å². The van der Waals surface area contributed by atoms with Gasteiger partial charge in [-0.2, -0.15) is 5.10 Å². The van der Waals surface area contributed by atoms with Gasteiger partial charge in [-0.15, -0.1) is 0 Å². The first kappa shape index (κ1) is 21.4. The molecule has 7 nitrogen and oxygen atoms in total. The number of rotatable bonds is 9. The van der Waals surface area contributed by atoms with Crippen LogP contribution in [0.3, 0.4) is 0 Å². The lowest BCUT2D eigenvalue weighted by Crippen LogP contribution is -2.24. The molecule has 0 bridgehead atoms. The summed E-state index contributed by atoms with van der Waals surface area (Å²) in [7, 11) is 1.55. The number of amides is 2. The minimum Gasteiger partial charge on any atom is -0.493 e. The highest BCUT2D eigenvalue weighted by atomic mass is 79.9. The molecule has 0 aliphatic carbocycles. The molecule has 0 atom stereocenters. The first-order valence-electron chi connectivity index (χ1n) is 8.70. The van der Waals surface area contributed by atoms with Gasteiger partial charge in [-0.05, 0) is 52.2 Å². The highest BCUT2D eigenvalue weighted by molar-refractivity contribution is 9.10. The number of hydrogen-bond donors (Lipinski definition) is 2. The Morgan fingerprint density at radius 2 is 1.93 bits per heavy atom. The molecule has 0 saturated carbocycles. The van der Waals surface area contributed by atoms with Gasteiger partial charge in [0.05, 0.1) is 24.4 Å². The van der Waals surface area contributed by atoms with Crippen molar-refractivity contribution in [1.82, 2.24) is 5.43 Å². The summed E-state index contributed by atoms with van der Waals surface area (Å²) in [5.41, 5.74) is 3.66. The third-order valence-electron chi connectivity index (χ3n) is 3.48. The molecule has 0 radical (unpaired) electrons. The molecule has 0 saturated heterocycles. The normalized spacial score (nSPS) is 10.5. The largest absolute Gasteiger partial charge is 0.493 e. The number of hydrogen-bond acceptors (Lipinski definition) is 5. The van der Waals surface area contributed by atoms with Crippen LogP contribution in [0, 0.1) is 0 Å². The number of benzene rings is 2. The number of carbonyl (C=O) groups excluding carboxylic acids is 2. The van der Waals surface area contributed by atoms with Gasteiger partial charge in [-0.1, -0.05) is 25.1 Å². The van der Waals surface area contributed by atoms with E-state index in [-0.39, 0.29) is 6.42 Å². The molecule has 0 unspecified atom stereocenters. The highest BCUT2D eigenvalue weighted by Gasteiger charge is 2.11. The van der Waals surface area contributed by atoms with Crippen LogP contribution in [-0.4, -0.2) is 31.7 Å². The molecule has 0 aliphatic heterocycles. The molecule has 2 rings (SSSR count). The molecule has 148 valence electrons. The van der Waals surface area contributed by atoms with Gasteiger partial charge >= 0.3 is 0 Å². The van der Waals surface area contributed by atoms with Crippen molar-refractivity contribution in [3.8, 4) is 11.5 Å². The van der Waals surface area contributed by atoms with E-state index in [0.717, 1.165) is 10.9 Å². The third-order valence-corrected chi connectivity index (χ3v) is 4.07. The lowest BCUT2D eigenvalue weighted by atomic mass is 10.2.